The first-order valence-electron chi connectivity index (χ1n) is 8.59. The fourth-order valence-electron chi connectivity index (χ4n) is 2.27. The third-order valence-corrected chi connectivity index (χ3v) is 3.62. The minimum atomic E-state index is -0.777. The zero-order chi connectivity index (χ0) is 19.6. The lowest BCUT2D eigenvalue weighted by atomic mass is 10.2. The maximum absolute atomic E-state index is 14.5. The summed E-state index contributed by atoms with van der Waals surface area (Å²) in [6.45, 7) is 2.26. The van der Waals surface area contributed by atoms with Gasteiger partial charge in [-0.05, 0) is 24.6 Å². The monoisotopic (exact) mass is 373 g/mol. The molecule has 2 aromatic rings. The smallest absolute Gasteiger partial charge is 0.255 e. The van der Waals surface area contributed by atoms with Crippen molar-refractivity contribution in [3.63, 3.8) is 0 Å². The average molecular weight is 373 g/mol. The Labute approximate surface area is 156 Å². The van der Waals surface area contributed by atoms with Crippen LogP contribution >= 0.6 is 0 Å². The first kappa shape index (κ1) is 20.2. The van der Waals surface area contributed by atoms with E-state index < -0.39 is 17.7 Å². The minimum absolute atomic E-state index is 0.0254. The molecule has 0 spiro atoms. The topological polar surface area (TPSA) is 77.2 Å². The number of rotatable bonds is 7. The molecule has 1 aromatic carbocycles. The van der Waals surface area contributed by atoms with Crippen molar-refractivity contribution in [2.75, 3.05) is 12.3 Å². The third-order valence-electron chi connectivity index (χ3n) is 3.62. The number of aromatic nitrogens is 1. The number of hydrogen-bond donors (Lipinski definition) is 2. The van der Waals surface area contributed by atoms with Gasteiger partial charge in [0.1, 0.15) is 5.82 Å². The van der Waals surface area contributed by atoms with Crippen LogP contribution in [-0.4, -0.2) is 17.5 Å². The lowest BCUT2D eigenvalue weighted by Crippen LogP contribution is -2.25. The van der Waals surface area contributed by atoms with Gasteiger partial charge in [0.25, 0.3) is 5.91 Å². The van der Waals surface area contributed by atoms with E-state index in [1.807, 2.05) is 6.92 Å². The van der Waals surface area contributed by atoms with E-state index in [1.54, 1.807) is 12.1 Å². The lowest BCUT2D eigenvalue weighted by molar-refractivity contribution is 0.0951. The van der Waals surface area contributed by atoms with Gasteiger partial charge in [0.05, 0.1) is 12.2 Å². The molecular weight excluding hydrogens is 352 g/mol. The van der Waals surface area contributed by atoms with E-state index in [0.29, 0.717) is 19.4 Å². The summed E-state index contributed by atoms with van der Waals surface area (Å²) in [5.41, 5.74) is 5.82. The molecule has 0 saturated heterocycles. The quantitative estimate of drug-likeness (QED) is 0.443. The first-order chi connectivity index (χ1) is 13.0. The number of halogens is 2. The molecule has 5 nitrogen and oxygen atoms in total. The van der Waals surface area contributed by atoms with Gasteiger partial charge in [0.2, 0.25) is 5.95 Å². The zero-order valence-corrected chi connectivity index (χ0v) is 15.0. The Morgan fingerprint density at radius 1 is 1.26 bits per heavy atom. The molecule has 0 saturated carbocycles. The van der Waals surface area contributed by atoms with Gasteiger partial charge in [0.15, 0.2) is 11.6 Å². The van der Waals surface area contributed by atoms with Crippen molar-refractivity contribution in [3.8, 4) is 17.6 Å². The molecule has 1 amide bonds. The molecule has 0 bridgehead atoms. The second kappa shape index (κ2) is 10.1. The Hall–Kier alpha value is -3.14. The molecule has 1 aromatic heterocycles. The van der Waals surface area contributed by atoms with E-state index in [2.05, 4.69) is 22.1 Å². The number of amides is 1. The van der Waals surface area contributed by atoms with Gasteiger partial charge in [0, 0.05) is 24.9 Å². The fraction of sp³-hybridized carbons (Fsp3) is 0.300. The Morgan fingerprint density at radius 2 is 2.07 bits per heavy atom. The number of ether oxygens (including phenoxy) is 1. The lowest BCUT2D eigenvalue weighted by Gasteiger charge is -2.11. The zero-order valence-electron chi connectivity index (χ0n) is 15.0. The van der Waals surface area contributed by atoms with Gasteiger partial charge in [-0.15, -0.1) is 11.8 Å². The summed E-state index contributed by atoms with van der Waals surface area (Å²) in [7, 11) is 0. The van der Waals surface area contributed by atoms with Crippen molar-refractivity contribution in [1.29, 1.82) is 0 Å². The summed E-state index contributed by atoms with van der Waals surface area (Å²) >= 11 is 0. The molecule has 1 heterocycles. The van der Waals surface area contributed by atoms with Crippen LogP contribution < -0.4 is 15.8 Å². The fourth-order valence-corrected chi connectivity index (χ4v) is 2.27. The summed E-state index contributed by atoms with van der Waals surface area (Å²) in [6, 6.07) is 6.97. The van der Waals surface area contributed by atoms with Crippen LogP contribution in [0.3, 0.4) is 0 Å². The number of hydrogen-bond acceptors (Lipinski definition) is 4. The highest BCUT2D eigenvalue weighted by Gasteiger charge is 2.14. The van der Waals surface area contributed by atoms with Crippen molar-refractivity contribution in [1.82, 2.24) is 10.3 Å². The minimum Gasteiger partial charge on any atom is -0.490 e. The van der Waals surface area contributed by atoms with Crippen molar-refractivity contribution in [3.05, 3.63) is 53.2 Å². The van der Waals surface area contributed by atoms with E-state index in [1.165, 1.54) is 12.1 Å². The number of anilines is 1. The first-order valence-corrected chi connectivity index (χ1v) is 8.59. The second-order valence-electron chi connectivity index (χ2n) is 5.64. The summed E-state index contributed by atoms with van der Waals surface area (Å²) in [5, 5.41) is 2.54. The van der Waals surface area contributed by atoms with Gasteiger partial charge >= 0.3 is 0 Å². The Bertz CT molecular complexity index is 860. The van der Waals surface area contributed by atoms with Gasteiger partial charge in [-0.1, -0.05) is 19.1 Å². The summed E-state index contributed by atoms with van der Waals surface area (Å²) < 4.78 is 32.9. The molecule has 7 heteroatoms. The number of carbonyl (C=O) groups excluding carboxylic acids is 1. The normalized spacial score (nSPS) is 10.0. The van der Waals surface area contributed by atoms with Gasteiger partial charge in [-0.2, -0.15) is 4.39 Å². The van der Waals surface area contributed by atoms with Crippen LogP contribution in [0, 0.1) is 23.6 Å². The van der Waals surface area contributed by atoms with E-state index in [4.69, 9.17) is 10.5 Å². The van der Waals surface area contributed by atoms with E-state index in [9.17, 15) is 13.6 Å². The number of nitrogens with two attached hydrogens (primary N) is 1. The molecule has 0 fully saturated rings. The number of unbranched alkanes of at least 4 members (excludes halogenated alkanes) is 1. The predicted molar refractivity (Wildman–Crippen MR) is 99.0 cm³/mol. The summed E-state index contributed by atoms with van der Waals surface area (Å²) in [5.74, 6) is 3.96. The maximum atomic E-state index is 14.5. The SMILES string of the molecule is CCC#CCCCOc1cccc(CNC(=O)c2ccc(F)nc2N)c1F. The van der Waals surface area contributed by atoms with Crippen LogP contribution in [-0.2, 0) is 6.54 Å². The number of nitrogens with zero attached hydrogens (tertiary/aromatic N) is 1. The molecule has 27 heavy (non-hydrogen) atoms. The van der Waals surface area contributed by atoms with Crippen molar-refractivity contribution >= 4 is 11.7 Å². The molecule has 0 unspecified atom stereocenters. The number of pyridine rings is 1. The van der Waals surface area contributed by atoms with Crippen LogP contribution in [0.2, 0.25) is 0 Å². The summed E-state index contributed by atoms with van der Waals surface area (Å²) in [4.78, 5) is 15.5. The van der Waals surface area contributed by atoms with Crippen LogP contribution in [0.1, 0.15) is 42.1 Å². The van der Waals surface area contributed by atoms with Crippen LogP contribution in [0.25, 0.3) is 0 Å². The second-order valence-corrected chi connectivity index (χ2v) is 5.64. The molecule has 0 aliphatic rings. The molecule has 0 radical (unpaired) electrons. The van der Waals surface area contributed by atoms with Crippen LogP contribution in [0.4, 0.5) is 14.6 Å². The van der Waals surface area contributed by atoms with E-state index in [-0.39, 0.29) is 29.2 Å². The molecule has 0 aliphatic carbocycles. The predicted octanol–water partition coefficient (Wildman–Crippen LogP) is 3.44. The third kappa shape index (κ3) is 5.96. The molecule has 0 aliphatic heterocycles. The van der Waals surface area contributed by atoms with Crippen molar-refractivity contribution in [2.24, 2.45) is 0 Å². The molecule has 142 valence electrons. The van der Waals surface area contributed by atoms with Gasteiger partial charge < -0.3 is 15.8 Å². The Morgan fingerprint density at radius 3 is 2.81 bits per heavy atom. The van der Waals surface area contributed by atoms with Crippen molar-refractivity contribution < 1.29 is 18.3 Å². The van der Waals surface area contributed by atoms with Crippen LogP contribution in [0.5, 0.6) is 5.75 Å². The molecule has 0 atom stereocenters. The maximum Gasteiger partial charge on any atom is 0.255 e. The highest BCUT2D eigenvalue weighted by atomic mass is 19.1. The number of benzene rings is 1. The Kier molecular flexibility index (Phi) is 7.56. The van der Waals surface area contributed by atoms with Crippen LogP contribution in [0.15, 0.2) is 30.3 Å². The molecule has 2 rings (SSSR count). The molecule has 3 N–H and O–H groups in total. The highest BCUT2D eigenvalue weighted by molar-refractivity contribution is 5.98. The van der Waals surface area contributed by atoms with E-state index >= 15 is 0 Å². The largest absolute Gasteiger partial charge is 0.490 e. The number of carbonyl (C=O) groups is 1. The summed E-state index contributed by atoms with van der Waals surface area (Å²) in [6.07, 6.45) is 2.20. The Balaban J connectivity index is 1.93. The van der Waals surface area contributed by atoms with Gasteiger partial charge in [-0.3, -0.25) is 4.79 Å². The highest BCUT2D eigenvalue weighted by Crippen LogP contribution is 2.21. The van der Waals surface area contributed by atoms with E-state index in [0.717, 1.165) is 12.5 Å². The number of nitrogens with one attached hydrogen (secondary N) is 1. The van der Waals surface area contributed by atoms with Crippen molar-refractivity contribution in [2.45, 2.75) is 32.7 Å². The van der Waals surface area contributed by atoms with Gasteiger partial charge in [-0.25, -0.2) is 9.37 Å². The molecular formula is C20H21F2N3O2. The average Bonchev–Trinajstić information content (AvgIpc) is 2.64. The number of nitrogen functional groups attached to an aromatic ring is 1. The standard InChI is InChI=1S/C20H21F2N3O2/c1-2-3-4-5-6-12-27-16-9-7-8-14(18(16)22)13-24-20(26)15-10-11-17(21)25-19(15)23/h7-11H,2,5-6,12-13H2,1H3,(H2,23,25)(H,24,26).